The van der Waals surface area contributed by atoms with E-state index in [1.54, 1.807) is 6.07 Å². The van der Waals surface area contributed by atoms with Gasteiger partial charge in [0.15, 0.2) is 0 Å². The number of hydrogen-bond donors (Lipinski definition) is 1. The van der Waals surface area contributed by atoms with Gasteiger partial charge in [0.25, 0.3) is 0 Å². The van der Waals surface area contributed by atoms with Gasteiger partial charge in [0.05, 0.1) is 10.0 Å². The average molecular weight is 289 g/mol. The average Bonchev–Trinajstić information content (AvgIpc) is 2.65. The van der Waals surface area contributed by atoms with Crippen LogP contribution in [-0.4, -0.2) is 43.1 Å². The van der Waals surface area contributed by atoms with Crippen LogP contribution in [0.15, 0.2) is 6.07 Å². The van der Waals surface area contributed by atoms with Crippen molar-refractivity contribution in [1.82, 2.24) is 9.88 Å². The summed E-state index contributed by atoms with van der Waals surface area (Å²) in [5.41, 5.74) is 5.75. The van der Waals surface area contributed by atoms with Crippen molar-refractivity contribution in [2.45, 2.75) is 13.0 Å². The fourth-order valence-electron chi connectivity index (χ4n) is 2.49. The van der Waals surface area contributed by atoms with Gasteiger partial charge < -0.3 is 15.5 Å². The van der Waals surface area contributed by atoms with Crippen LogP contribution in [0.2, 0.25) is 10.0 Å². The van der Waals surface area contributed by atoms with Crippen LogP contribution in [-0.2, 0) is 0 Å². The van der Waals surface area contributed by atoms with Gasteiger partial charge in [0.1, 0.15) is 11.6 Å². The number of pyridine rings is 1. The summed E-state index contributed by atoms with van der Waals surface area (Å²) < 4.78 is 0. The number of anilines is 2. The van der Waals surface area contributed by atoms with Crippen LogP contribution in [0.3, 0.4) is 0 Å². The zero-order valence-corrected chi connectivity index (χ0v) is 12.3. The summed E-state index contributed by atoms with van der Waals surface area (Å²) in [6.45, 7) is 4.07. The molecule has 1 aromatic rings. The van der Waals surface area contributed by atoms with Crippen molar-refractivity contribution < 1.29 is 0 Å². The second kappa shape index (κ2) is 5.11. The summed E-state index contributed by atoms with van der Waals surface area (Å²) in [6, 6.07) is 2.16. The summed E-state index contributed by atoms with van der Waals surface area (Å²) in [6.07, 6.45) is 0. The third-order valence-electron chi connectivity index (χ3n) is 3.47. The molecule has 6 heteroatoms. The highest BCUT2D eigenvalue weighted by Crippen LogP contribution is 2.33. The van der Waals surface area contributed by atoms with Crippen LogP contribution in [0.1, 0.15) is 6.92 Å². The number of nitrogens with two attached hydrogens (primary N) is 1. The number of hydrogen-bond acceptors (Lipinski definition) is 4. The highest BCUT2D eigenvalue weighted by molar-refractivity contribution is 6.37. The molecule has 0 spiro atoms. The van der Waals surface area contributed by atoms with E-state index in [4.69, 9.17) is 28.9 Å². The van der Waals surface area contributed by atoms with Crippen LogP contribution in [0.25, 0.3) is 0 Å². The van der Waals surface area contributed by atoms with Crippen molar-refractivity contribution in [3.63, 3.8) is 0 Å². The first kappa shape index (κ1) is 13.7. The molecule has 18 heavy (non-hydrogen) atoms. The third kappa shape index (κ3) is 2.51. The fraction of sp³-hybridized carbons (Fsp3) is 0.583. The first-order valence-electron chi connectivity index (χ1n) is 5.93. The lowest BCUT2D eigenvalue weighted by Gasteiger charge is -2.23. The minimum Gasteiger partial charge on any atom is -0.382 e. The van der Waals surface area contributed by atoms with E-state index in [0.29, 0.717) is 27.8 Å². The summed E-state index contributed by atoms with van der Waals surface area (Å²) in [4.78, 5) is 8.71. The molecule has 2 heterocycles. The lowest BCUT2D eigenvalue weighted by molar-refractivity contribution is 0.266. The van der Waals surface area contributed by atoms with Crippen LogP contribution >= 0.6 is 23.2 Å². The molecular weight excluding hydrogens is 271 g/mol. The molecule has 0 saturated carbocycles. The molecule has 1 fully saturated rings. The molecule has 1 saturated heterocycles. The molecule has 1 aliphatic heterocycles. The van der Waals surface area contributed by atoms with Gasteiger partial charge in [-0.05, 0) is 26.1 Å². The van der Waals surface area contributed by atoms with Gasteiger partial charge >= 0.3 is 0 Å². The molecule has 2 N–H and O–H groups in total. The Balaban J connectivity index is 2.26. The Labute approximate surface area is 118 Å². The third-order valence-corrected chi connectivity index (χ3v) is 4.05. The van der Waals surface area contributed by atoms with Crippen molar-refractivity contribution in [1.29, 1.82) is 0 Å². The maximum atomic E-state index is 6.20. The maximum absolute atomic E-state index is 6.20. The van der Waals surface area contributed by atoms with Crippen molar-refractivity contribution in [2.75, 3.05) is 37.8 Å². The van der Waals surface area contributed by atoms with Gasteiger partial charge in [-0.2, -0.15) is 0 Å². The number of likely N-dealkylation sites (N-methyl/N-ethyl adjacent to an activating group) is 1. The molecular formula is C12H18Cl2N4. The molecule has 2 unspecified atom stereocenters. The van der Waals surface area contributed by atoms with E-state index in [9.17, 15) is 0 Å². The molecule has 0 aliphatic carbocycles. The summed E-state index contributed by atoms with van der Waals surface area (Å²) in [7, 11) is 4.19. The highest BCUT2D eigenvalue weighted by Gasteiger charge is 2.32. The molecule has 2 atom stereocenters. The van der Waals surface area contributed by atoms with E-state index in [0.717, 1.165) is 18.9 Å². The van der Waals surface area contributed by atoms with Crippen molar-refractivity contribution in [3.8, 4) is 0 Å². The number of nitrogen functional groups attached to an aromatic ring is 1. The second-order valence-corrected chi connectivity index (χ2v) is 5.89. The number of nitrogens with zero attached hydrogens (tertiary/aromatic N) is 3. The van der Waals surface area contributed by atoms with Crippen molar-refractivity contribution in [3.05, 3.63) is 16.1 Å². The van der Waals surface area contributed by atoms with Gasteiger partial charge in [-0.25, -0.2) is 4.98 Å². The molecule has 0 aromatic carbocycles. The Hall–Kier alpha value is -0.710. The predicted octanol–water partition coefficient (Wildman–Crippen LogP) is 2.36. The largest absolute Gasteiger partial charge is 0.382 e. The normalized spacial score (nSPS) is 24.0. The van der Waals surface area contributed by atoms with Crippen molar-refractivity contribution >= 4 is 34.8 Å². The van der Waals surface area contributed by atoms with E-state index in [1.165, 1.54) is 0 Å². The molecule has 0 radical (unpaired) electrons. The Morgan fingerprint density at radius 2 is 2.00 bits per heavy atom. The van der Waals surface area contributed by atoms with E-state index in [-0.39, 0.29) is 0 Å². The number of rotatable bonds is 2. The monoisotopic (exact) mass is 288 g/mol. The number of aromatic nitrogens is 1. The van der Waals surface area contributed by atoms with Crippen LogP contribution in [0, 0.1) is 5.92 Å². The minimum absolute atomic E-state index is 0.331. The quantitative estimate of drug-likeness (QED) is 0.908. The first-order valence-corrected chi connectivity index (χ1v) is 6.68. The topological polar surface area (TPSA) is 45.4 Å². The number of halogens is 2. The van der Waals surface area contributed by atoms with Gasteiger partial charge in [-0.3, -0.25) is 0 Å². The summed E-state index contributed by atoms with van der Waals surface area (Å²) >= 11 is 12.1. The summed E-state index contributed by atoms with van der Waals surface area (Å²) in [5, 5.41) is 0.959. The predicted molar refractivity (Wildman–Crippen MR) is 77.5 cm³/mol. The first-order chi connectivity index (χ1) is 8.40. The molecule has 1 aromatic heterocycles. The van der Waals surface area contributed by atoms with Gasteiger partial charge in [0, 0.05) is 19.1 Å². The molecule has 2 rings (SSSR count). The van der Waals surface area contributed by atoms with Gasteiger partial charge in [0.2, 0.25) is 0 Å². The molecule has 1 aliphatic rings. The second-order valence-electron chi connectivity index (χ2n) is 5.07. The van der Waals surface area contributed by atoms with E-state index in [2.05, 4.69) is 35.8 Å². The molecule has 4 nitrogen and oxygen atoms in total. The Bertz CT molecular complexity index is 450. The summed E-state index contributed by atoms with van der Waals surface area (Å²) in [5.74, 6) is 1.63. The Morgan fingerprint density at radius 3 is 2.56 bits per heavy atom. The lowest BCUT2D eigenvalue weighted by Crippen LogP contribution is -2.34. The standard InChI is InChI=1S/C12H18Cl2N4/c1-7-5-18(6-10(7)17(2)3)12-9(14)4-8(13)11(15)16-12/h4,7,10H,5-6H2,1-3H3,(H2,15,16). The zero-order valence-electron chi connectivity index (χ0n) is 10.8. The van der Waals surface area contributed by atoms with E-state index in [1.807, 2.05) is 0 Å². The minimum atomic E-state index is 0.331. The molecule has 0 bridgehead atoms. The van der Waals surface area contributed by atoms with Crippen LogP contribution < -0.4 is 10.6 Å². The van der Waals surface area contributed by atoms with Crippen molar-refractivity contribution in [2.24, 2.45) is 5.92 Å². The fourth-order valence-corrected chi connectivity index (χ4v) is 2.97. The van der Waals surface area contributed by atoms with Gasteiger partial charge in [-0.15, -0.1) is 0 Å². The van der Waals surface area contributed by atoms with Crippen LogP contribution in [0.5, 0.6) is 0 Å². The zero-order chi connectivity index (χ0) is 13.4. The van der Waals surface area contributed by atoms with E-state index < -0.39 is 0 Å². The highest BCUT2D eigenvalue weighted by atomic mass is 35.5. The van der Waals surface area contributed by atoms with E-state index >= 15 is 0 Å². The molecule has 0 amide bonds. The SMILES string of the molecule is CC1CN(c2nc(N)c(Cl)cc2Cl)CC1N(C)C. The lowest BCUT2D eigenvalue weighted by atomic mass is 10.1. The smallest absolute Gasteiger partial charge is 0.150 e. The van der Waals surface area contributed by atoms with Crippen LogP contribution in [0.4, 0.5) is 11.6 Å². The Morgan fingerprint density at radius 1 is 1.33 bits per heavy atom. The maximum Gasteiger partial charge on any atom is 0.150 e. The Kier molecular flexibility index (Phi) is 3.90. The van der Waals surface area contributed by atoms with Gasteiger partial charge in [-0.1, -0.05) is 30.1 Å². The molecule has 100 valence electrons.